The van der Waals surface area contributed by atoms with Gasteiger partial charge in [-0.05, 0) is 44.0 Å². The number of hydrogen-bond donors (Lipinski definition) is 1. The van der Waals surface area contributed by atoms with Crippen molar-refractivity contribution in [3.05, 3.63) is 41.5 Å². The summed E-state index contributed by atoms with van der Waals surface area (Å²) in [7, 11) is 0. The molecule has 3 aliphatic rings. The Kier molecular flexibility index (Phi) is 2.73. The molecule has 5 heteroatoms. The highest BCUT2D eigenvalue weighted by Gasteiger charge is 2.72. The predicted molar refractivity (Wildman–Crippen MR) is 83.8 cm³/mol. The summed E-state index contributed by atoms with van der Waals surface area (Å²) in [4.78, 5) is 27.2. The predicted octanol–water partition coefficient (Wildman–Crippen LogP) is 1.50. The summed E-state index contributed by atoms with van der Waals surface area (Å²) in [6, 6.07) is 5.56. The maximum absolute atomic E-state index is 13.0. The van der Waals surface area contributed by atoms with E-state index in [0.29, 0.717) is 5.69 Å². The summed E-state index contributed by atoms with van der Waals surface area (Å²) in [5.41, 5.74) is 0.834. The summed E-state index contributed by atoms with van der Waals surface area (Å²) in [6.07, 6.45) is 3.54. The normalized spacial score (nSPS) is 37.8. The van der Waals surface area contributed by atoms with E-state index in [1.54, 1.807) is 25.1 Å². The Morgan fingerprint density at radius 2 is 1.83 bits per heavy atom. The topological polar surface area (TPSA) is 66.8 Å². The van der Waals surface area contributed by atoms with Crippen LogP contribution in [0.4, 0.5) is 5.69 Å². The molecule has 0 unspecified atom stereocenters. The van der Waals surface area contributed by atoms with Gasteiger partial charge in [-0.3, -0.25) is 9.59 Å². The van der Waals surface area contributed by atoms with Gasteiger partial charge in [0.05, 0.1) is 29.7 Å². The number of benzene rings is 1. The molecule has 2 bridgehead atoms. The molecule has 1 aromatic carbocycles. The van der Waals surface area contributed by atoms with Gasteiger partial charge in [-0.2, -0.15) is 0 Å². The average molecular weight is 313 g/mol. The van der Waals surface area contributed by atoms with Gasteiger partial charge in [0.1, 0.15) is 5.60 Å². The second-order valence-electron chi connectivity index (χ2n) is 6.97. The third-order valence-electron chi connectivity index (χ3n) is 5.55. The first-order chi connectivity index (χ1) is 10.8. The summed E-state index contributed by atoms with van der Waals surface area (Å²) in [6.45, 7) is 5.44. The molecule has 0 spiro atoms. The first-order valence-corrected chi connectivity index (χ1v) is 7.79. The first kappa shape index (κ1) is 14.6. The highest BCUT2D eigenvalue weighted by atomic mass is 16.5. The zero-order valence-corrected chi connectivity index (χ0v) is 13.4. The van der Waals surface area contributed by atoms with Gasteiger partial charge < -0.3 is 9.84 Å². The molecule has 2 amide bonds. The largest absolute Gasteiger partial charge is 0.393 e. The van der Waals surface area contributed by atoms with Crippen molar-refractivity contribution in [2.75, 3.05) is 11.5 Å². The average Bonchev–Trinajstić information content (AvgIpc) is 3.09. The van der Waals surface area contributed by atoms with Crippen LogP contribution in [0.2, 0.25) is 0 Å². The SMILES string of the molecule is Cc1ccc(N2C(=O)[C@H]3[C@H](C2=O)[C@]2(C)C=C[C@]3(CO)O2)cc1C. The molecule has 1 aromatic rings. The second kappa shape index (κ2) is 4.30. The molecule has 2 saturated heterocycles. The lowest BCUT2D eigenvalue weighted by molar-refractivity contribution is -0.131. The van der Waals surface area contributed by atoms with Crippen molar-refractivity contribution in [2.45, 2.75) is 32.0 Å². The van der Waals surface area contributed by atoms with Crippen LogP contribution in [0.5, 0.6) is 0 Å². The molecule has 5 nitrogen and oxygen atoms in total. The van der Waals surface area contributed by atoms with Crippen molar-refractivity contribution in [3.63, 3.8) is 0 Å². The van der Waals surface area contributed by atoms with E-state index in [0.717, 1.165) is 11.1 Å². The van der Waals surface area contributed by atoms with E-state index in [9.17, 15) is 14.7 Å². The number of fused-ring (bicyclic) bond motifs is 5. The number of carbonyl (C=O) groups is 2. The highest BCUT2D eigenvalue weighted by molar-refractivity contribution is 6.23. The zero-order chi connectivity index (χ0) is 16.6. The molecule has 23 heavy (non-hydrogen) atoms. The van der Waals surface area contributed by atoms with Crippen molar-refractivity contribution < 1.29 is 19.4 Å². The summed E-state index contributed by atoms with van der Waals surface area (Å²) in [5.74, 6) is -1.76. The van der Waals surface area contributed by atoms with Gasteiger partial charge in [0.2, 0.25) is 11.8 Å². The third-order valence-corrected chi connectivity index (χ3v) is 5.55. The first-order valence-electron chi connectivity index (χ1n) is 7.79. The number of amides is 2. The number of aliphatic hydroxyl groups is 1. The quantitative estimate of drug-likeness (QED) is 0.664. The van der Waals surface area contributed by atoms with E-state index < -0.39 is 23.0 Å². The van der Waals surface area contributed by atoms with Crippen molar-refractivity contribution in [2.24, 2.45) is 11.8 Å². The maximum atomic E-state index is 13.0. The Bertz CT molecular complexity index is 770. The second-order valence-corrected chi connectivity index (χ2v) is 6.97. The molecule has 1 N–H and O–H groups in total. The lowest BCUT2D eigenvalue weighted by Crippen LogP contribution is -2.43. The van der Waals surface area contributed by atoms with Gasteiger partial charge in [-0.15, -0.1) is 0 Å². The molecule has 4 atom stereocenters. The standard InChI is InChI=1S/C18H19NO4/c1-10-4-5-12(8-11(10)2)19-15(21)13-14(16(19)22)18(9-20)7-6-17(13,3)23-18/h4-8,13-14,20H,9H2,1-3H3/t13-,14-,17+,18-/m1/s1. The van der Waals surface area contributed by atoms with E-state index in [1.165, 1.54) is 4.90 Å². The van der Waals surface area contributed by atoms with Gasteiger partial charge >= 0.3 is 0 Å². The molecular formula is C18H19NO4. The van der Waals surface area contributed by atoms with Gasteiger partial charge in [-0.1, -0.05) is 18.2 Å². The van der Waals surface area contributed by atoms with E-state index in [4.69, 9.17) is 4.74 Å². The van der Waals surface area contributed by atoms with Gasteiger partial charge in [0.25, 0.3) is 0 Å². The minimum Gasteiger partial charge on any atom is -0.393 e. The van der Waals surface area contributed by atoms with Crippen molar-refractivity contribution >= 4 is 17.5 Å². The van der Waals surface area contributed by atoms with Crippen LogP contribution < -0.4 is 4.90 Å². The zero-order valence-electron chi connectivity index (χ0n) is 13.4. The number of nitrogens with zero attached hydrogens (tertiary/aromatic N) is 1. The maximum Gasteiger partial charge on any atom is 0.241 e. The van der Waals surface area contributed by atoms with Crippen molar-refractivity contribution in [1.29, 1.82) is 0 Å². The van der Waals surface area contributed by atoms with Crippen molar-refractivity contribution in [1.82, 2.24) is 0 Å². The van der Waals surface area contributed by atoms with Gasteiger partial charge in [-0.25, -0.2) is 4.90 Å². The summed E-state index contributed by atoms with van der Waals surface area (Å²) >= 11 is 0. The Hall–Kier alpha value is -1.98. The van der Waals surface area contributed by atoms with Gasteiger partial charge in [0.15, 0.2) is 0 Å². The Morgan fingerprint density at radius 3 is 2.48 bits per heavy atom. The van der Waals surface area contributed by atoms with E-state index in [-0.39, 0.29) is 18.4 Å². The molecule has 2 fully saturated rings. The molecule has 0 aliphatic carbocycles. The van der Waals surface area contributed by atoms with E-state index in [2.05, 4.69) is 0 Å². The molecule has 3 heterocycles. The third kappa shape index (κ3) is 1.64. The van der Waals surface area contributed by atoms with Crippen LogP contribution in [-0.2, 0) is 14.3 Å². The van der Waals surface area contributed by atoms with Crippen LogP contribution in [-0.4, -0.2) is 34.7 Å². The molecule has 0 radical (unpaired) electrons. The molecule has 120 valence electrons. The lowest BCUT2D eigenvalue weighted by atomic mass is 9.73. The van der Waals surface area contributed by atoms with Crippen LogP contribution in [0.3, 0.4) is 0 Å². The Balaban J connectivity index is 1.81. The Labute approximate surface area is 134 Å². The van der Waals surface area contributed by atoms with E-state index >= 15 is 0 Å². The van der Waals surface area contributed by atoms with Crippen LogP contribution in [0.25, 0.3) is 0 Å². The summed E-state index contributed by atoms with van der Waals surface area (Å²) < 4.78 is 5.90. The monoisotopic (exact) mass is 313 g/mol. The number of aliphatic hydroxyl groups excluding tert-OH is 1. The van der Waals surface area contributed by atoms with Crippen LogP contribution in [0.1, 0.15) is 18.1 Å². The van der Waals surface area contributed by atoms with E-state index in [1.807, 2.05) is 26.0 Å². The number of carbonyl (C=O) groups excluding carboxylic acids is 2. The minimum absolute atomic E-state index is 0.245. The van der Waals surface area contributed by atoms with Crippen LogP contribution >= 0.6 is 0 Å². The molecule has 0 saturated carbocycles. The highest BCUT2D eigenvalue weighted by Crippen LogP contribution is 2.57. The van der Waals surface area contributed by atoms with Crippen LogP contribution in [0.15, 0.2) is 30.4 Å². The van der Waals surface area contributed by atoms with Gasteiger partial charge in [0, 0.05) is 0 Å². The summed E-state index contributed by atoms with van der Waals surface area (Å²) in [5, 5.41) is 9.79. The fraction of sp³-hybridized carbons (Fsp3) is 0.444. The smallest absolute Gasteiger partial charge is 0.241 e. The number of rotatable bonds is 2. The molecule has 4 rings (SSSR count). The number of hydrogen-bond acceptors (Lipinski definition) is 4. The number of anilines is 1. The molecule has 0 aromatic heterocycles. The molecular weight excluding hydrogens is 294 g/mol. The number of imide groups is 1. The fourth-order valence-electron chi connectivity index (χ4n) is 4.16. The minimum atomic E-state index is -1.07. The molecule has 3 aliphatic heterocycles. The van der Waals surface area contributed by atoms with Crippen molar-refractivity contribution in [3.8, 4) is 0 Å². The lowest BCUT2D eigenvalue weighted by Gasteiger charge is -2.27. The number of aryl methyl sites for hydroxylation is 2. The Morgan fingerprint density at radius 1 is 1.13 bits per heavy atom. The fourth-order valence-corrected chi connectivity index (χ4v) is 4.16. The van der Waals surface area contributed by atoms with Crippen LogP contribution in [0, 0.1) is 25.7 Å². The number of ether oxygens (including phenoxy) is 1.